The molecule has 3 heterocycles. The molecule has 0 atom stereocenters. The highest BCUT2D eigenvalue weighted by molar-refractivity contribution is 5.91. The molecule has 0 unspecified atom stereocenters. The number of carbonyl (C=O) groups excluding carboxylic acids is 1. The Hall–Kier alpha value is -1.69. The lowest BCUT2D eigenvalue weighted by molar-refractivity contribution is -0.122. The topological polar surface area (TPSA) is 67.4 Å². The van der Waals surface area contributed by atoms with Gasteiger partial charge >= 0.3 is 0 Å². The second kappa shape index (κ2) is 7.05. The first kappa shape index (κ1) is 15.2. The van der Waals surface area contributed by atoms with Crippen molar-refractivity contribution >= 4 is 17.5 Å². The van der Waals surface area contributed by atoms with Crippen LogP contribution in [0.2, 0.25) is 0 Å². The molecule has 1 amide bonds. The molecular formula is C16H24N4O2. The van der Waals surface area contributed by atoms with Crippen LogP contribution in [-0.2, 0) is 9.53 Å². The second-order valence-electron chi connectivity index (χ2n) is 6.32. The molecule has 22 heavy (non-hydrogen) atoms. The van der Waals surface area contributed by atoms with Gasteiger partial charge in [0.05, 0.1) is 0 Å². The normalized spacial score (nSPS) is 20.9. The van der Waals surface area contributed by atoms with Crippen LogP contribution in [0.15, 0.2) is 12.1 Å². The van der Waals surface area contributed by atoms with Crippen LogP contribution in [0.1, 0.15) is 32.6 Å². The van der Waals surface area contributed by atoms with Crippen molar-refractivity contribution in [2.75, 3.05) is 36.5 Å². The molecule has 0 radical (unpaired) electrons. The zero-order valence-corrected chi connectivity index (χ0v) is 13.1. The Morgan fingerprint density at radius 3 is 2.55 bits per heavy atom. The van der Waals surface area contributed by atoms with E-state index in [1.165, 1.54) is 12.8 Å². The van der Waals surface area contributed by atoms with Crippen molar-refractivity contribution in [1.82, 2.24) is 10.2 Å². The monoisotopic (exact) mass is 304 g/mol. The number of hydrogen-bond acceptors (Lipinski definition) is 5. The molecule has 1 N–H and O–H groups in total. The van der Waals surface area contributed by atoms with Crippen LogP contribution in [0, 0.1) is 11.8 Å². The molecule has 1 aromatic heterocycles. The summed E-state index contributed by atoms with van der Waals surface area (Å²) in [5.41, 5.74) is 0. The van der Waals surface area contributed by atoms with E-state index in [2.05, 4.69) is 27.3 Å². The summed E-state index contributed by atoms with van der Waals surface area (Å²) in [4.78, 5) is 14.4. The average molecular weight is 304 g/mol. The van der Waals surface area contributed by atoms with E-state index in [0.717, 1.165) is 37.7 Å². The summed E-state index contributed by atoms with van der Waals surface area (Å²) in [6, 6.07) is 3.79. The van der Waals surface area contributed by atoms with Gasteiger partial charge in [0, 0.05) is 32.2 Å². The predicted molar refractivity (Wildman–Crippen MR) is 84.8 cm³/mol. The molecule has 2 aliphatic heterocycles. The minimum atomic E-state index is 0.0251. The molecule has 0 saturated carbocycles. The lowest BCUT2D eigenvalue weighted by Gasteiger charge is -2.30. The van der Waals surface area contributed by atoms with E-state index < -0.39 is 0 Å². The number of anilines is 2. The number of rotatable bonds is 3. The van der Waals surface area contributed by atoms with Crippen molar-refractivity contribution in [3.63, 3.8) is 0 Å². The Morgan fingerprint density at radius 2 is 1.91 bits per heavy atom. The Bertz CT molecular complexity index is 491. The van der Waals surface area contributed by atoms with Crippen LogP contribution in [0.3, 0.4) is 0 Å². The number of piperidine rings is 1. The zero-order valence-electron chi connectivity index (χ0n) is 13.1. The van der Waals surface area contributed by atoms with Crippen LogP contribution in [0.25, 0.3) is 0 Å². The van der Waals surface area contributed by atoms with Gasteiger partial charge < -0.3 is 15.0 Å². The van der Waals surface area contributed by atoms with Crippen LogP contribution < -0.4 is 10.2 Å². The maximum Gasteiger partial charge on any atom is 0.228 e. The van der Waals surface area contributed by atoms with E-state index in [1.807, 2.05) is 12.1 Å². The largest absolute Gasteiger partial charge is 0.381 e. The van der Waals surface area contributed by atoms with E-state index >= 15 is 0 Å². The Morgan fingerprint density at radius 1 is 1.18 bits per heavy atom. The zero-order chi connectivity index (χ0) is 15.4. The highest BCUT2D eigenvalue weighted by Crippen LogP contribution is 2.22. The fourth-order valence-electron chi connectivity index (χ4n) is 2.99. The van der Waals surface area contributed by atoms with Gasteiger partial charge in [-0.2, -0.15) is 0 Å². The highest BCUT2D eigenvalue weighted by Gasteiger charge is 2.22. The lowest BCUT2D eigenvalue weighted by atomic mass is 9.99. The summed E-state index contributed by atoms with van der Waals surface area (Å²) in [6.07, 6.45) is 3.96. The maximum absolute atomic E-state index is 12.1. The molecule has 2 saturated heterocycles. The van der Waals surface area contributed by atoms with E-state index in [9.17, 15) is 4.79 Å². The van der Waals surface area contributed by atoms with Crippen molar-refractivity contribution in [3.05, 3.63) is 12.1 Å². The summed E-state index contributed by atoms with van der Waals surface area (Å²) < 4.78 is 5.28. The number of nitrogens with one attached hydrogen (secondary N) is 1. The quantitative estimate of drug-likeness (QED) is 0.926. The fourth-order valence-corrected chi connectivity index (χ4v) is 2.99. The molecule has 0 spiro atoms. The molecule has 3 rings (SSSR count). The molecule has 0 aromatic carbocycles. The van der Waals surface area contributed by atoms with Gasteiger partial charge in [-0.25, -0.2) is 0 Å². The van der Waals surface area contributed by atoms with Crippen LogP contribution in [0.5, 0.6) is 0 Å². The van der Waals surface area contributed by atoms with Gasteiger partial charge in [0.1, 0.15) is 0 Å². The minimum Gasteiger partial charge on any atom is -0.381 e. The molecular weight excluding hydrogens is 280 g/mol. The summed E-state index contributed by atoms with van der Waals surface area (Å²) in [7, 11) is 0. The van der Waals surface area contributed by atoms with E-state index in [4.69, 9.17) is 4.74 Å². The molecule has 6 heteroatoms. The first-order valence-corrected chi connectivity index (χ1v) is 8.19. The SMILES string of the molecule is CC1CCN(c2ccc(NC(=O)C3CCOCC3)nn2)CC1. The fraction of sp³-hybridized carbons (Fsp3) is 0.688. The van der Waals surface area contributed by atoms with Crippen molar-refractivity contribution in [1.29, 1.82) is 0 Å². The third-order valence-electron chi connectivity index (χ3n) is 4.60. The number of nitrogens with zero attached hydrogens (tertiary/aromatic N) is 3. The number of hydrogen-bond donors (Lipinski definition) is 1. The highest BCUT2D eigenvalue weighted by atomic mass is 16.5. The van der Waals surface area contributed by atoms with E-state index in [0.29, 0.717) is 19.0 Å². The number of carbonyl (C=O) groups is 1. The summed E-state index contributed by atoms with van der Waals surface area (Å²) in [5.74, 6) is 2.28. The predicted octanol–water partition coefficient (Wildman–Crippen LogP) is 2.08. The van der Waals surface area contributed by atoms with Crippen LogP contribution >= 0.6 is 0 Å². The lowest BCUT2D eigenvalue weighted by Crippen LogP contribution is -2.33. The summed E-state index contributed by atoms with van der Waals surface area (Å²) >= 11 is 0. The van der Waals surface area contributed by atoms with Gasteiger partial charge in [-0.1, -0.05) is 6.92 Å². The number of ether oxygens (including phenoxy) is 1. The van der Waals surface area contributed by atoms with Gasteiger partial charge in [0.15, 0.2) is 11.6 Å². The standard InChI is InChI=1S/C16H24N4O2/c1-12-4-8-20(9-5-12)15-3-2-14(18-19-15)17-16(21)13-6-10-22-11-7-13/h2-3,12-13H,4-11H2,1H3,(H,17,18,21). The first-order chi connectivity index (χ1) is 10.7. The van der Waals surface area contributed by atoms with Crippen molar-refractivity contribution in [2.45, 2.75) is 32.6 Å². The average Bonchev–Trinajstić information content (AvgIpc) is 2.57. The molecule has 6 nitrogen and oxygen atoms in total. The van der Waals surface area contributed by atoms with Gasteiger partial charge in [0.25, 0.3) is 0 Å². The second-order valence-corrected chi connectivity index (χ2v) is 6.32. The van der Waals surface area contributed by atoms with Gasteiger partial charge in [-0.15, -0.1) is 10.2 Å². The molecule has 0 bridgehead atoms. The van der Waals surface area contributed by atoms with Crippen molar-refractivity contribution in [2.24, 2.45) is 11.8 Å². The smallest absolute Gasteiger partial charge is 0.228 e. The third kappa shape index (κ3) is 3.74. The minimum absolute atomic E-state index is 0.0251. The Kier molecular flexibility index (Phi) is 4.87. The van der Waals surface area contributed by atoms with Crippen LogP contribution in [-0.4, -0.2) is 42.4 Å². The summed E-state index contributed by atoms with van der Waals surface area (Å²) in [6.45, 7) is 5.68. The molecule has 2 fully saturated rings. The molecule has 0 aliphatic carbocycles. The van der Waals surface area contributed by atoms with E-state index in [-0.39, 0.29) is 11.8 Å². The Balaban J connectivity index is 1.56. The first-order valence-electron chi connectivity index (χ1n) is 8.19. The van der Waals surface area contributed by atoms with Crippen molar-refractivity contribution < 1.29 is 9.53 Å². The van der Waals surface area contributed by atoms with Gasteiger partial charge in [-0.3, -0.25) is 4.79 Å². The van der Waals surface area contributed by atoms with E-state index in [1.54, 1.807) is 0 Å². The third-order valence-corrected chi connectivity index (χ3v) is 4.60. The molecule has 1 aromatic rings. The molecule has 120 valence electrons. The van der Waals surface area contributed by atoms with Crippen molar-refractivity contribution in [3.8, 4) is 0 Å². The number of amides is 1. The number of aromatic nitrogens is 2. The van der Waals surface area contributed by atoms with Crippen LogP contribution in [0.4, 0.5) is 11.6 Å². The maximum atomic E-state index is 12.1. The van der Waals surface area contributed by atoms with Gasteiger partial charge in [-0.05, 0) is 43.7 Å². The summed E-state index contributed by atoms with van der Waals surface area (Å²) in [5, 5.41) is 11.3. The molecule has 2 aliphatic rings. The Labute approximate surface area is 131 Å². The van der Waals surface area contributed by atoms with Gasteiger partial charge in [0.2, 0.25) is 5.91 Å².